The van der Waals surface area contributed by atoms with E-state index in [0.29, 0.717) is 24.4 Å². The van der Waals surface area contributed by atoms with E-state index in [0.717, 1.165) is 25.7 Å². The Bertz CT molecular complexity index is 464. The zero-order valence-electron chi connectivity index (χ0n) is 15.4. The van der Waals surface area contributed by atoms with Crippen LogP contribution in [0.15, 0.2) is 23.8 Å². The summed E-state index contributed by atoms with van der Waals surface area (Å²) in [6, 6.07) is 0. The van der Waals surface area contributed by atoms with E-state index < -0.39 is 11.7 Å². The number of ether oxygens (including phenoxy) is 1. The van der Waals surface area contributed by atoms with Gasteiger partial charge in [0.15, 0.2) is 0 Å². The second-order valence-corrected chi connectivity index (χ2v) is 8.41. The van der Waals surface area contributed by atoms with Crippen LogP contribution in [0, 0.1) is 11.8 Å². The molecule has 0 aromatic rings. The number of allylic oxidation sites excluding steroid dienone is 2. The molecule has 23 heavy (non-hydrogen) atoms. The van der Waals surface area contributed by atoms with Crippen molar-refractivity contribution >= 4 is 0 Å². The number of aliphatic hydroxyl groups is 2. The first kappa shape index (κ1) is 18.7. The third-order valence-corrected chi connectivity index (χ3v) is 5.47. The zero-order valence-corrected chi connectivity index (χ0v) is 15.4. The van der Waals surface area contributed by atoms with Crippen LogP contribution >= 0.6 is 0 Å². The summed E-state index contributed by atoms with van der Waals surface area (Å²) in [6.45, 7) is 10.5. The van der Waals surface area contributed by atoms with E-state index in [4.69, 9.17) is 4.74 Å². The average Bonchev–Trinajstić information content (AvgIpc) is 3.05. The van der Waals surface area contributed by atoms with Crippen LogP contribution in [-0.2, 0) is 4.74 Å². The van der Waals surface area contributed by atoms with Crippen molar-refractivity contribution in [1.82, 2.24) is 0 Å². The molecule has 0 unspecified atom stereocenters. The highest BCUT2D eigenvalue weighted by Gasteiger charge is 2.51. The molecular weight excluding hydrogens is 288 g/mol. The van der Waals surface area contributed by atoms with E-state index in [9.17, 15) is 10.2 Å². The van der Waals surface area contributed by atoms with Crippen molar-refractivity contribution < 1.29 is 14.9 Å². The van der Waals surface area contributed by atoms with E-state index in [1.807, 2.05) is 19.1 Å². The van der Waals surface area contributed by atoms with Gasteiger partial charge in [-0.2, -0.15) is 0 Å². The van der Waals surface area contributed by atoms with Crippen molar-refractivity contribution in [3.8, 4) is 0 Å². The fourth-order valence-corrected chi connectivity index (χ4v) is 3.63. The summed E-state index contributed by atoms with van der Waals surface area (Å²) in [4.78, 5) is 0. The molecule has 1 fully saturated rings. The molecule has 2 rings (SSSR count). The molecule has 132 valence electrons. The Morgan fingerprint density at radius 2 is 1.96 bits per heavy atom. The van der Waals surface area contributed by atoms with Gasteiger partial charge >= 0.3 is 0 Å². The van der Waals surface area contributed by atoms with Gasteiger partial charge in [-0.25, -0.2) is 0 Å². The van der Waals surface area contributed by atoms with Crippen LogP contribution in [0.2, 0.25) is 0 Å². The fraction of sp³-hybridized carbons (Fsp3) is 0.800. The van der Waals surface area contributed by atoms with Gasteiger partial charge < -0.3 is 14.9 Å². The van der Waals surface area contributed by atoms with Crippen molar-refractivity contribution in [2.75, 3.05) is 0 Å². The molecule has 1 saturated heterocycles. The predicted octanol–water partition coefficient (Wildman–Crippen LogP) is 3.99. The average molecular weight is 322 g/mol. The van der Waals surface area contributed by atoms with Crippen molar-refractivity contribution in [3.63, 3.8) is 0 Å². The van der Waals surface area contributed by atoms with Crippen LogP contribution < -0.4 is 0 Å². The van der Waals surface area contributed by atoms with Gasteiger partial charge in [-0.1, -0.05) is 37.6 Å². The van der Waals surface area contributed by atoms with E-state index >= 15 is 0 Å². The number of rotatable bonds is 1. The van der Waals surface area contributed by atoms with Crippen LogP contribution in [0.1, 0.15) is 66.7 Å². The molecule has 3 heteroatoms. The van der Waals surface area contributed by atoms with Crippen LogP contribution in [-0.4, -0.2) is 33.6 Å². The van der Waals surface area contributed by atoms with Gasteiger partial charge in [0.05, 0.1) is 23.4 Å². The molecule has 0 saturated carbocycles. The van der Waals surface area contributed by atoms with Gasteiger partial charge in [-0.15, -0.1) is 0 Å². The van der Waals surface area contributed by atoms with Gasteiger partial charge in [0.1, 0.15) is 0 Å². The lowest BCUT2D eigenvalue weighted by Gasteiger charge is -2.24. The topological polar surface area (TPSA) is 53.0 Å². The van der Waals surface area contributed by atoms with E-state index in [1.165, 1.54) is 5.57 Å². The molecular formula is C20H34O3. The van der Waals surface area contributed by atoms with Crippen molar-refractivity contribution in [3.05, 3.63) is 23.8 Å². The Morgan fingerprint density at radius 3 is 2.61 bits per heavy atom. The second kappa shape index (κ2) is 7.08. The summed E-state index contributed by atoms with van der Waals surface area (Å²) in [7, 11) is 0. The highest BCUT2D eigenvalue weighted by molar-refractivity contribution is 5.10. The molecule has 0 aromatic heterocycles. The molecule has 1 heterocycles. The molecule has 0 amide bonds. The first-order valence-electron chi connectivity index (χ1n) is 9.06. The molecule has 3 nitrogen and oxygen atoms in total. The van der Waals surface area contributed by atoms with Crippen molar-refractivity contribution in [2.45, 2.75) is 90.1 Å². The molecule has 0 spiro atoms. The Morgan fingerprint density at radius 1 is 1.26 bits per heavy atom. The Kier molecular flexibility index (Phi) is 5.76. The summed E-state index contributed by atoms with van der Waals surface area (Å²) in [6.07, 6.45) is 10.1. The van der Waals surface area contributed by atoms with Crippen LogP contribution in [0.25, 0.3) is 0 Å². The molecule has 5 atom stereocenters. The number of hydrogen-bond donors (Lipinski definition) is 2. The Hall–Kier alpha value is -0.640. The zero-order chi connectivity index (χ0) is 17.3. The number of hydrogen-bond acceptors (Lipinski definition) is 3. The number of fused-ring (bicyclic) bond motifs is 1. The summed E-state index contributed by atoms with van der Waals surface area (Å²) >= 11 is 0. The van der Waals surface area contributed by atoms with Crippen LogP contribution in [0.5, 0.6) is 0 Å². The first-order valence-corrected chi connectivity index (χ1v) is 9.06. The minimum atomic E-state index is -0.976. The minimum Gasteiger partial charge on any atom is -0.389 e. The second-order valence-electron chi connectivity index (χ2n) is 8.41. The molecule has 0 aromatic carbocycles. The predicted molar refractivity (Wildman–Crippen MR) is 94.2 cm³/mol. The lowest BCUT2D eigenvalue weighted by atomic mass is 9.84. The highest BCUT2D eigenvalue weighted by Crippen LogP contribution is 2.44. The lowest BCUT2D eigenvalue weighted by Crippen LogP contribution is -2.27. The van der Waals surface area contributed by atoms with Gasteiger partial charge in [-0.05, 0) is 58.3 Å². The van der Waals surface area contributed by atoms with Gasteiger partial charge in [-0.3, -0.25) is 0 Å². The summed E-state index contributed by atoms with van der Waals surface area (Å²) in [5, 5.41) is 20.8. The molecule has 2 aliphatic rings. The first-order chi connectivity index (χ1) is 10.6. The van der Waals surface area contributed by atoms with E-state index in [2.05, 4.69) is 26.8 Å². The highest BCUT2D eigenvalue weighted by atomic mass is 16.6. The summed E-state index contributed by atoms with van der Waals surface area (Å²) < 4.78 is 5.96. The molecule has 1 aliphatic heterocycles. The Balaban J connectivity index is 2.17. The van der Waals surface area contributed by atoms with Gasteiger partial charge in [0, 0.05) is 6.42 Å². The quantitative estimate of drug-likeness (QED) is 0.567. The van der Waals surface area contributed by atoms with E-state index in [1.54, 1.807) is 6.92 Å². The normalized spacial score (nSPS) is 46.4. The summed E-state index contributed by atoms with van der Waals surface area (Å²) in [5.74, 6) is 0.961. The maximum absolute atomic E-state index is 10.6. The smallest absolute Gasteiger partial charge is 0.0920 e. The van der Waals surface area contributed by atoms with Gasteiger partial charge in [0.2, 0.25) is 0 Å². The third-order valence-electron chi connectivity index (χ3n) is 5.47. The summed E-state index contributed by atoms with van der Waals surface area (Å²) in [5.41, 5.74) is 0.218. The minimum absolute atomic E-state index is 0.0203. The van der Waals surface area contributed by atoms with E-state index in [-0.39, 0.29) is 5.60 Å². The van der Waals surface area contributed by atoms with Crippen LogP contribution in [0.4, 0.5) is 0 Å². The third kappa shape index (κ3) is 5.44. The fourth-order valence-electron chi connectivity index (χ4n) is 3.63. The molecule has 2 N–H and O–H groups in total. The number of epoxide rings is 1. The Labute approximate surface area is 141 Å². The largest absolute Gasteiger partial charge is 0.389 e. The van der Waals surface area contributed by atoms with Crippen molar-refractivity contribution in [1.29, 1.82) is 0 Å². The van der Waals surface area contributed by atoms with Crippen LogP contribution in [0.3, 0.4) is 0 Å². The molecule has 0 radical (unpaired) electrons. The lowest BCUT2D eigenvalue weighted by molar-refractivity contribution is 0.0564. The molecule has 0 bridgehead atoms. The maximum Gasteiger partial charge on any atom is 0.0920 e. The maximum atomic E-state index is 10.6. The molecule has 1 aliphatic carbocycles. The number of aliphatic hydroxyl groups excluding tert-OH is 1. The van der Waals surface area contributed by atoms with Crippen molar-refractivity contribution in [2.24, 2.45) is 11.8 Å². The monoisotopic (exact) mass is 322 g/mol. The van der Waals surface area contributed by atoms with Gasteiger partial charge in [0.25, 0.3) is 0 Å². The SMILES string of the molecule is C/C1=C\[C@H](O)C[C@](C)(O)/C=C/[C@H](C(C)C)CC[C@]2(C)O[C@H]2CC1. The standard InChI is InChI=1S/C20H34O3/c1-14(2)16-8-10-19(4,22)13-17(21)12-15(3)6-7-18-20(5,23-18)11-9-16/h8,10,12,14,16-18,21-22H,6-7,9,11,13H2,1-5H3/b10-8+,15-12+/t16-,17-,18-,19+,20-/m0/s1.